The Bertz CT molecular complexity index is 571. The van der Waals surface area contributed by atoms with Gasteiger partial charge in [-0.1, -0.05) is 0 Å². The molecule has 0 aliphatic carbocycles. The molecule has 12 nitrogen and oxygen atoms in total. The molecule has 27 heavy (non-hydrogen) atoms. The highest BCUT2D eigenvalue weighted by Gasteiger charge is 2.30. The first-order valence-electron chi connectivity index (χ1n) is 7.86. The largest absolute Gasteiger partial charge is 0.481 e. The minimum atomic E-state index is -1.46. The summed E-state index contributed by atoms with van der Waals surface area (Å²) >= 11 is 3.93. The van der Waals surface area contributed by atoms with E-state index in [9.17, 15) is 29.1 Å². The number of thiol groups is 1. The maximum Gasteiger partial charge on any atom is 0.322 e. The van der Waals surface area contributed by atoms with Gasteiger partial charge in [0.1, 0.15) is 18.6 Å². The van der Waals surface area contributed by atoms with Crippen molar-refractivity contribution in [3.63, 3.8) is 0 Å². The zero-order valence-corrected chi connectivity index (χ0v) is 15.4. The lowest BCUT2D eigenvalue weighted by atomic mass is 10.1. The van der Waals surface area contributed by atoms with Gasteiger partial charge in [-0.15, -0.1) is 0 Å². The molecule has 0 saturated heterocycles. The molecule has 0 fully saturated rings. The summed E-state index contributed by atoms with van der Waals surface area (Å²) in [4.78, 5) is 57.0. The van der Waals surface area contributed by atoms with Gasteiger partial charge in [0.15, 0.2) is 0 Å². The first kappa shape index (κ1) is 24.6. The second-order valence-electron chi connectivity index (χ2n) is 5.62. The Morgan fingerprint density at radius 1 is 1.00 bits per heavy atom. The van der Waals surface area contributed by atoms with Crippen molar-refractivity contribution in [3.05, 3.63) is 0 Å². The van der Waals surface area contributed by atoms with Gasteiger partial charge in [-0.2, -0.15) is 12.6 Å². The van der Waals surface area contributed by atoms with Crippen molar-refractivity contribution in [2.45, 2.75) is 44.0 Å². The Kier molecular flexibility index (Phi) is 11.0. The molecule has 0 heterocycles. The molecule has 4 unspecified atom stereocenters. The molecule has 0 aromatic rings. The molecule has 0 radical (unpaired) electrons. The van der Waals surface area contributed by atoms with Crippen molar-refractivity contribution < 1.29 is 39.3 Å². The van der Waals surface area contributed by atoms with E-state index in [0.29, 0.717) is 0 Å². The van der Waals surface area contributed by atoms with Crippen LogP contribution >= 0.6 is 12.6 Å². The maximum absolute atomic E-state index is 12.2. The van der Waals surface area contributed by atoms with Gasteiger partial charge in [0.2, 0.25) is 17.7 Å². The normalized spacial score (nSPS) is 15.0. The average Bonchev–Trinajstić information content (AvgIpc) is 2.58. The zero-order chi connectivity index (χ0) is 21.1. The van der Waals surface area contributed by atoms with E-state index < -0.39 is 60.4 Å². The highest BCUT2D eigenvalue weighted by atomic mass is 32.1. The Balaban J connectivity index is 4.87. The van der Waals surface area contributed by atoms with E-state index >= 15 is 0 Å². The van der Waals surface area contributed by atoms with Crippen LogP contribution in [-0.2, 0) is 24.0 Å². The summed E-state index contributed by atoms with van der Waals surface area (Å²) in [5.74, 6) is -5.19. The predicted molar refractivity (Wildman–Crippen MR) is 94.9 cm³/mol. The summed E-state index contributed by atoms with van der Waals surface area (Å²) in [5.41, 5.74) is 5.54. The van der Waals surface area contributed by atoms with Crippen LogP contribution in [0.4, 0.5) is 0 Å². The van der Waals surface area contributed by atoms with Crippen molar-refractivity contribution in [1.29, 1.82) is 0 Å². The number of aliphatic carboxylic acids is 2. The maximum atomic E-state index is 12.2. The molecule has 0 rings (SSSR count). The minimum Gasteiger partial charge on any atom is -0.481 e. The van der Waals surface area contributed by atoms with Crippen LogP contribution in [0, 0.1) is 0 Å². The van der Waals surface area contributed by atoms with Crippen LogP contribution in [0.15, 0.2) is 0 Å². The Morgan fingerprint density at radius 2 is 1.59 bits per heavy atom. The van der Waals surface area contributed by atoms with Gasteiger partial charge in [-0.05, 0) is 13.3 Å². The SMILES string of the molecule is CC(O)C(NC(=O)C(CS)NC(=O)C(N)CCC(=O)O)C(=O)NCC(=O)O. The Morgan fingerprint density at radius 3 is 2.04 bits per heavy atom. The number of hydrogen-bond donors (Lipinski definition) is 8. The number of nitrogens with two attached hydrogens (primary N) is 1. The number of carbonyl (C=O) groups is 5. The van der Waals surface area contributed by atoms with Crippen LogP contribution < -0.4 is 21.7 Å². The van der Waals surface area contributed by atoms with Crippen molar-refractivity contribution in [2.24, 2.45) is 5.73 Å². The van der Waals surface area contributed by atoms with Crippen molar-refractivity contribution in [1.82, 2.24) is 16.0 Å². The molecule has 3 amide bonds. The first-order valence-corrected chi connectivity index (χ1v) is 8.49. The summed E-state index contributed by atoms with van der Waals surface area (Å²) in [5, 5.41) is 33.2. The van der Waals surface area contributed by atoms with Crippen LogP contribution in [0.3, 0.4) is 0 Å². The molecule has 0 aromatic heterocycles. The van der Waals surface area contributed by atoms with E-state index in [1.807, 2.05) is 5.32 Å². The lowest BCUT2D eigenvalue weighted by Gasteiger charge is -2.24. The number of carboxylic acid groups (broad SMARTS) is 2. The van der Waals surface area contributed by atoms with Crippen LogP contribution in [0.2, 0.25) is 0 Å². The molecule has 4 atom stereocenters. The highest BCUT2D eigenvalue weighted by Crippen LogP contribution is 1.99. The number of rotatable bonds is 12. The standard InChI is InChI=1S/C14H24N4O8S/c1-6(19)11(14(26)16-4-10(22)23)18-13(25)8(5-27)17-12(24)7(15)2-3-9(20)21/h6-8,11,19,27H,2-5,15H2,1H3,(H,16,26)(H,17,24)(H,18,25)(H,20,21)(H,22,23). The number of carbonyl (C=O) groups excluding carboxylic acids is 3. The van der Waals surface area contributed by atoms with Gasteiger partial charge in [-0.3, -0.25) is 24.0 Å². The molecule has 0 aromatic carbocycles. The number of aliphatic hydroxyl groups excluding tert-OH is 1. The van der Waals surface area contributed by atoms with Gasteiger partial charge in [0.05, 0.1) is 12.1 Å². The molecular formula is C14H24N4O8S. The van der Waals surface area contributed by atoms with Crippen molar-refractivity contribution in [3.8, 4) is 0 Å². The second-order valence-corrected chi connectivity index (χ2v) is 5.99. The van der Waals surface area contributed by atoms with Gasteiger partial charge in [-0.25, -0.2) is 0 Å². The van der Waals surface area contributed by atoms with E-state index in [-0.39, 0.29) is 18.6 Å². The van der Waals surface area contributed by atoms with Gasteiger partial charge in [0.25, 0.3) is 0 Å². The smallest absolute Gasteiger partial charge is 0.322 e. The molecule has 8 N–H and O–H groups in total. The average molecular weight is 408 g/mol. The summed E-state index contributed by atoms with van der Waals surface area (Å²) in [6.07, 6.45) is -1.83. The van der Waals surface area contributed by atoms with E-state index in [4.69, 9.17) is 15.9 Å². The summed E-state index contributed by atoms with van der Waals surface area (Å²) in [7, 11) is 0. The van der Waals surface area contributed by atoms with Gasteiger partial charge >= 0.3 is 11.9 Å². The van der Waals surface area contributed by atoms with Crippen LogP contribution in [-0.4, -0.2) is 81.5 Å². The zero-order valence-electron chi connectivity index (χ0n) is 14.5. The molecule has 0 aliphatic rings. The molecule has 0 aliphatic heterocycles. The third-order valence-corrected chi connectivity index (χ3v) is 3.66. The Hall–Kier alpha value is -2.38. The molecular weight excluding hydrogens is 384 g/mol. The number of nitrogens with one attached hydrogen (secondary N) is 3. The van der Waals surface area contributed by atoms with Gasteiger partial charge < -0.3 is 37.0 Å². The van der Waals surface area contributed by atoms with E-state index in [1.165, 1.54) is 6.92 Å². The lowest BCUT2D eigenvalue weighted by Crippen LogP contribution is -2.59. The predicted octanol–water partition coefficient (Wildman–Crippen LogP) is -3.34. The van der Waals surface area contributed by atoms with E-state index in [2.05, 4.69) is 23.3 Å². The second kappa shape index (κ2) is 12.1. The molecule has 0 spiro atoms. The summed E-state index contributed by atoms with van der Waals surface area (Å²) < 4.78 is 0. The van der Waals surface area contributed by atoms with Crippen LogP contribution in [0.5, 0.6) is 0 Å². The monoisotopic (exact) mass is 408 g/mol. The Labute approximate surface area is 160 Å². The van der Waals surface area contributed by atoms with Crippen LogP contribution in [0.1, 0.15) is 19.8 Å². The fourth-order valence-electron chi connectivity index (χ4n) is 1.81. The van der Waals surface area contributed by atoms with Crippen LogP contribution in [0.25, 0.3) is 0 Å². The van der Waals surface area contributed by atoms with E-state index in [0.717, 1.165) is 0 Å². The van der Waals surface area contributed by atoms with Crippen molar-refractivity contribution in [2.75, 3.05) is 12.3 Å². The summed E-state index contributed by atoms with van der Waals surface area (Å²) in [6.45, 7) is 0.504. The molecule has 154 valence electrons. The first-order chi connectivity index (χ1) is 12.5. The number of aliphatic hydroxyl groups is 1. The van der Waals surface area contributed by atoms with E-state index in [1.54, 1.807) is 0 Å². The third kappa shape index (κ3) is 9.77. The minimum absolute atomic E-state index is 0.143. The highest BCUT2D eigenvalue weighted by molar-refractivity contribution is 7.80. The fraction of sp³-hybridized carbons (Fsp3) is 0.643. The molecule has 0 saturated carbocycles. The lowest BCUT2D eigenvalue weighted by molar-refractivity contribution is -0.139. The topological polar surface area (TPSA) is 208 Å². The fourth-order valence-corrected chi connectivity index (χ4v) is 2.07. The quantitative estimate of drug-likeness (QED) is 0.152. The van der Waals surface area contributed by atoms with Crippen molar-refractivity contribution >= 4 is 42.3 Å². The third-order valence-electron chi connectivity index (χ3n) is 3.30. The molecule has 13 heteroatoms. The van der Waals surface area contributed by atoms with Gasteiger partial charge in [0, 0.05) is 12.2 Å². The number of amides is 3. The summed E-state index contributed by atoms with van der Waals surface area (Å²) in [6, 6.07) is -3.84. The number of carboxylic acids is 2. The number of hydrogen-bond acceptors (Lipinski definition) is 8. The molecule has 0 bridgehead atoms.